The van der Waals surface area contributed by atoms with Gasteiger partial charge in [0.1, 0.15) is 6.10 Å². The zero-order valence-electron chi connectivity index (χ0n) is 8.18. The summed E-state index contributed by atoms with van der Waals surface area (Å²) in [6.45, 7) is 1.66. The molecule has 2 aliphatic rings. The zero-order chi connectivity index (χ0) is 9.97. The van der Waals surface area contributed by atoms with Crippen molar-refractivity contribution in [2.45, 2.75) is 12.5 Å². The molecular weight excluding hydrogens is 218 g/mol. The summed E-state index contributed by atoms with van der Waals surface area (Å²) in [5.74, 6) is 0.973. The van der Waals surface area contributed by atoms with Crippen molar-refractivity contribution in [2.24, 2.45) is 0 Å². The molecule has 0 saturated heterocycles. The highest BCUT2D eigenvalue weighted by molar-refractivity contribution is 8.03. The van der Waals surface area contributed by atoms with Crippen molar-refractivity contribution < 1.29 is 4.74 Å². The summed E-state index contributed by atoms with van der Waals surface area (Å²) < 4.78 is 5.71. The molecule has 78 valence electrons. The molecule has 0 aromatic carbocycles. The fourth-order valence-electron chi connectivity index (χ4n) is 1.78. The maximum Gasteiger partial charge on any atom is 0.101 e. The Bertz CT molecular complexity index is 288. The van der Waals surface area contributed by atoms with E-state index in [9.17, 15) is 0 Å². The van der Waals surface area contributed by atoms with Gasteiger partial charge >= 0.3 is 0 Å². The lowest BCUT2D eigenvalue weighted by atomic mass is 10.1. The van der Waals surface area contributed by atoms with Crippen LogP contribution in [0.15, 0.2) is 21.6 Å². The molecule has 2 aliphatic heterocycles. The van der Waals surface area contributed by atoms with Crippen LogP contribution in [0.5, 0.6) is 0 Å². The van der Waals surface area contributed by atoms with Gasteiger partial charge in [0.2, 0.25) is 0 Å². The monoisotopic (exact) mass is 231 g/mol. The Hall–Kier alpha value is 0.0400. The molecule has 2 nitrogen and oxygen atoms in total. The molecule has 0 amide bonds. The fourth-order valence-corrected chi connectivity index (χ4v) is 3.35. The lowest BCUT2D eigenvalue weighted by Gasteiger charge is -2.30. The van der Waals surface area contributed by atoms with Gasteiger partial charge in [0, 0.05) is 22.2 Å². The Morgan fingerprint density at radius 3 is 3.36 bits per heavy atom. The lowest BCUT2D eigenvalue weighted by Crippen LogP contribution is -2.32. The normalized spacial score (nSPS) is 27.3. The minimum Gasteiger partial charge on any atom is -0.371 e. The van der Waals surface area contributed by atoms with Gasteiger partial charge in [-0.1, -0.05) is 17.7 Å². The summed E-state index contributed by atoms with van der Waals surface area (Å²) in [6, 6.07) is 0. The molecule has 0 saturated carbocycles. The maximum atomic E-state index is 6.17. The van der Waals surface area contributed by atoms with Gasteiger partial charge in [-0.3, -0.25) is 0 Å². The molecule has 2 rings (SSSR count). The van der Waals surface area contributed by atoms with Crippen LogP contribution in [0.2, 0.25) is 0 Å². The summed E-state index contributed by atoms with van der Waals surface area (Å²) in [5.41, 5.74) is 1.30. The smallest absolute Gasteiger partial charge is 0.101 e. The van der Waals surface area contributed by atoms with E-state index in [4.69, 9.17) is 16.3 Å². The Morgan fingerprint density at radius 2 is 2.57 bits per heavy atom. The van der Waals surface area contributed by atoms with Crippen molar-refractivity contribution in [3.63, 3.8) is 0 Å². The molecule has 0 aromatic rings. The Labute approximate surface area is 93.7 Å². The first kappa shape index (κ1) is 10.6. The molecule has 0 bridgehead atoms. The summed E-state index contributed by atoms with van der Waals surface area (Å²) in [7, 11) is 1.95. The van der Waals surface area contributed by atoms with Crippen molar-refractivity contribution in [3.8, 4) is 0 Å². The highest BCUT2D eigenvalue weighted by atomic mass is 35.5. The van der Waals surface area contributed by atoms with Crippen LogP contribution in [0.1, 0.15) is 6.42 Å². The molecule has 0 radical (unpaired) electrons. The second-order valence-electron chi connectivity index (χ2n) is 3.37. The Morgan fingerprint density at radius 1 is 1.71 bits per heavy atom. The van der Waals surface area contributed by atoms with Crippen LogP contribution in [0, 0.1) is 0 Å². The molecule has 0 aliphatic carbocycles. The van der Waals surface area contributed by atoms with Crippen molar-refractivity contribution in [3.05, 3.63) is 21.6 Å². The van der Waals surface area contributed by atoms with Gasteiger partial charge in [0.15, 0.2) is 0 Å². The van der Waals surface area contributed by atoms with E-state index in [1.54, 1.807) is 0 Å². The highest BCUT2D eigenvalue weighted by Crippen LogP contribution is 2.39. The molecule has 0 spiro atoms. The summed E-state index contributed by atoms with van der Waals surface area (Å²) in [6.07, 6.45) is 3.25. The topological polar surface area (TPSA) is 21.3 Å². The molecule has 0 fully saturated rings. The third-order valence-corrected chi connectivity index (χ3v) is 3.98. The van der Waals surface area contributed by atoms with Crippen molar-refractivity contribution in [2.75, 3.05) is 26.0 Å². The van der Waals surface area contributed by atoms with Crippen LogP contribution >= 0.6 is 23.4 Å². The summed E-state index contributed by atoms with van der Waals surface area (Å²) >= 11 is 8.02. The van der Waals surface area contributed by atoms with E-state index >= 15 is 0 Å². The second kappa shape index (κ2) is 4.71. The Kier molecular flexibility index (Phi) is 3.55. The number of rotatable bonds is 2. The van der Waals surface area contributed by atoms with E-state index in [1.165, 1.54) is 10.5 Å². The van der Waals surface area contributed by atoms with Gasteiger partial charge in [-0.25, -0.2) is 0 Å². The number of allylic oxidation sites excluding steroid dienone is 1. The van der Waals surface area contributed by atoms with Crippen molar-refractivity contribution in [1.82, 2.24) is 5.32 Å². The van der Waals surface area contributed by atoms with Gasteiger partial charge in [-0.05, 0) is 19.0 Å². The predicted octanol–water partition coefficient (Wildman–Crippen LogP) is 2.12. The van der Waals surface area contributed by atoms with Crippen LogP contribution in [0.3, 0.4) is 0 Å². The van der Waals surface area contributed by atoms with E-state index in [1.807, 2.05) is 18.8 Å². The number of ether oxygens (including phenoxy) is 1. The fraction of sp³-hybridized carbons (Fsp3) is 0.600. The molecule has 1 unspecified atom stereocenters. The van der Waals surface area contributed by atoms with Gasteiger partial charge in [0.05, 0.1) is 6.61 Å². The number of likely N-dealkylation sites (N-methyl/N-ethyl adjacent to an activating group) is 1. The van der Waals surface area contributed by atoms with E-state index < -0.39 is 0 Å². The first-order valence-electron chi connectivity index (χ1n) is 4.81. The zero-order valence-corrected chi connectivity index (χ0v) is 9.75. The standard InChI is InChI=1S/C10H14ClNOS/c1-12-6-9-10-7(2-4-13-9)8(11)3-5-14-10/h3,9,12H,2,4-6H2,1H3. The van der Waals surface area contributed by atoms with Gasteiger partial charge in [0.25, 0.3) is 0 Å². The minimum absolute atomic E-state index is 0.205. The summed E-state index contributed by atoms with van der Waals surface area (Å²) in [4.78, 5) is 1.33. The van der Waals surface area contributed by atoms with Crippen LogP contribution in [-0.4, -0.2) is 32.1 Å². The molecule has 1 atom stereocenters. The number of hydrogen-bond donors (Lipinski definition) is 1. The molecular formula is C10H14ClNOS. The molecule has 2 heterocycles. The van der Waals surface area contributed by atoms with Crippen LogP contribution in [-0.2, 0) is 4.74 Å². The molecule has 4 heteroatoms. The van der Waals surface area contributed by atoms with E-state index in [-0.39, 0.29) is 6.10 Å². The molecule has 0 aromatic heterocycles. The first-order chi connectivity index (χ1) is 6.83. The lowest BCUT2D eigenvalue weighted by molar-refractivity contribution is 0.0757. The number of thioether (sulfide) groups is 1. The third-order valence-electron chi connectivity index (χ3n) is 2.44. The average molecular weight is 232 g/mol. The van der Waals surface area contributed by atoms with Gasteiger partial charge < -0.3 is 10.1 Å². The Balaban J connectivity index is 2.22. The molecule has 14 heavy (non-hydrogen) atoms. The van der Waals surface area contributed by atoms with E-state index in [0.717, 1.165) is 30.4 Å². The maximum absolute atomic E-state index is 6.17. The van der Waals surface area contributed by atoms with Crippen molar-refractivity contribution in [1.29, 1.82) is 0 Å². The first-order valence-corrected chi connectivity index (χ1v) is 6.17. The van der Waals surface area contributed by atoms with E-state index in [0.29, 0.717) is 0 Å². The largest absolute Gasteiger partial charge is 0.371 e. The van der Waals surface area contributed by atoms with Gasteiger partial charge in [-0.15, -0.1) is 11.8 Å². The predicted molar refractivity (Wildman–Crippen MR) is 61.7 cm³/mol. The van der Waals surface area contributed by atoms with Crippen LogP contribution < -0.4 is 5.32 Å². The van der Waals surface area contributed by atoms with Crippen LogP contribution in [0.25, 0.3) is 0 Å². The number of nitrogens with one attached hydrogen (secondary N) is 1. The van der Waals surface area contributed by atoms with Crippen molar-refractivity contribution >= 4 is 23.4 Å². The minimum atomic E-state index is 0.205. The summed E-state index contributed by atoms with van der Waals surface area (Å²) in [5, 5.41) is 4.08. The second-order valence-corrected chi connectivity index (χ2v) is 4.84. The quantitative estimate of drug-likeness (QED) is 0.787. The number of halogens is 1. The number of hydrogen-bond acceptors (Lipinski definition) is 3. The average Bonchev–Trinajstić information content (AvgIpc) is 2.20. The SMILES string of the molecule is CNCC1OCCC2=C1SCC=C2Cl. The van der Waals surface area contributed by atoms with Crippen LogP contribution in [0.4, 0.5) is 0 Å². The van der Waals surface area contributed by atoms with E-state index in [2.05, 4.69) is 11.4 Å². The molecule has 1 N–H and O–H groups in total. The highest BCUT2D eigenvalue weighted by Gasteiger charge is 2.26. The van der Waals surface area contributed by atoms with Gasteiger partial charge in [-0.2, -0.15) is 0 Å². The third kappa shape index (κ3) is 2.01.